The van der Waals surface area contributed by atoms with E-state index in [0.717, 1.165) is 21.2 Å². The first-order chi connectivity index (χ1) is 8.97. The average Bonchev–Trinajstić information content (AvgIpc) is 2.37. The standard InChI is InChI=1S/C13H12N2O2S2/c1-15-10-4-2-3-5-12(10)18-13-8-9(19(14,16)17)6-7-11(13)15/h2-8H,1H3,(H2,14,16,17). The summed E-state index contributed by atoms with van der Waals surface area (Å²) in [6, 6.07) is 13.0. The molecule has 6 heteroatoms. The zero-order chi connectivity index (χ0) is 13.6. The van der Waals surface area contributed by atoms with Gasteiger partial charge < -0.3 is 4.90 Å². The van der Waals surface area contributed by atoms with Crippen LogP contribution in [0.3, 0.4) is 0 Å². The molecule has 0 bridgehead atoms. The molecule has 98 valence electrons. The molecule has 1 aliphatic heterocycles. The van der Waals surface area contributed by atoms with Gasteiger partial charge in [-0.05, 0) is 30.3 Å². The second-order valence-electron chi connectivity index (χ2n) is 4.30. The molecular formula is C13H12N2O2S2. The number of fused-ring (bicyclic) bond motifs is 2. The van der Waals surface area contributed by atoms with Gasteiger partial charge in [-0.25, -0.2) is 13.6 Å². The van der Waals surface area contributed by atoms with Gasteiger partial charge >= 0.3 is 0 Å². The number of benzene rings is 2. The molecule has 2 aromatic carbocycles. The first kappa shape index (κ1) is 12.5. The maximum Gasteiger partial charge on any atom is 0.238 e. The molecule has 4 nitrogen and oxygen atoms in total. The lowest BCUT2D eigenvalue weighted by atomic mass is 10.2. The fraction of sp³-hybridized carbons (Fsp3) is 0.0769. The van der Waals surface area contributed by atoms with E-state index in [1.54, 1.807) is 30.0 Å². The molecule has 0 atom stereocenters. The van der Waals surface area contributed by atoms with Crippen molar-refractivity contribution < 1.29 is 8.42 Å². The van der Waals surface area contributed by atoms with Crippen molar-refractivity contribution in [2.24, 2.45) is 5.14 Å². The minimum absolute atomic E-state index is 0.145. The number of sulfonamides is 1. The van der Waals surface area contributed by atoms with Crippen LogP contribution in [-0.2, 0) is 10.0 Å². The van der Waals surface area contributed by atoms with Crippen molar-refractivity contribution >= 4 is 33.2 Å². The summed E-state index contributed by atoms with van der Waals surface area (Å²) in [4.78, 5) is 4.19. The fourth-order valence-electron chi connectivity index (χ4n) is 2.10. The Balaban J connectivity index is 2.16. The van der Waals surface area contributed by atoms with Gasteiger partial charge in [0.15, 0.2) is 0 Å². The van der Waals surface area contributed by atoms with Gasteiger partial charge in [-0.3, -0.25) is 0 Å². The van der Waals surface area contributed by atoms with Crippen LogP contribution in [-0.4, -0.2) is 15.5 Å². The number of anilines is 2. The maximum absolute atomic E-state index is 11.4. The Morgan fingerprint density at radius 1 is 1.05 bits per heavy atom. The summed E-state index contributed by atoms with van der Waals surface area (Å²) >= 11 is 1.55. The molecular weight excluding hydrogens is 280 g/mol. The molecule has 3 rings (SSSR count). The molecule has 0 unspecified atom stereocenters. The first-order valence-corrected chi connectivity index (χ1v) is 8.00. The van der Waals surface area contributed by atoms with Crippen LogP contribution in [0.2, 0.25) is 0 Å². The highest BCUT2D eigenvalue weighted by Crippen LogP contribution is 2.47. The van der Waals surface area contributed by atoms with E-state index in [0.29, 0.717) is 0 Å². The van der Waals surface area contributed by atoms with Crippen LogP contribution in [0.1, 0.15) is 0 Å². The largest absolute Gasteiger partial charge is 0.343 e. The molecule has 0 radical (unpaired) electrons. The van der Waals surface area contributed by atoms with Gasteiger partial charge in [-0.2, -0.15) is 0 Å². The van der Waals surface area contributed by atoms with Crippen molar-refractivity contribution in [3.63, 3.8) is 0 Å². The van der Waals surface area contributed by atoms with Gasteiger partial charge in [0.2, 0.25) is 10.0 Å². The maximum atomic E-state index is 11.4. The summed E-state index contributed by atoms with van der Waals surface area (Å²) in [5.74, 6) is 0. The lowest BCUT2D eigenvalue weighted by Crippen LogP contribution is -2.16. The molecule has 2 N–H and O–H groups in total. The van der Waals surface area contributed by atoms with Gasteiger partial charge in [-0.15, -0.1) is 0 Å². The van der Waals surface area contributed by atoms with Gasteiger partial charge in [0.1, 0.15) is 0 Å². The normalized spacial score (nSPS) is 13.9. The SMILES string of the molecule is CN1c2ccccc2Sc2cc(S(N)(=O)=O)ccc21. The van der Waals surface area contributed by atoms with Crippen molar-refractivity contribution in [2.45, 2.75) is 14.7 Å². The second-order valence-corrected chi connectivity index (χ2v) is 6.95. The smallest absolute Gasteiger partial charge is 0.238 e. The van der Waals surface area contributed by atoms with Gasteiger partial charge in [0.25, 0.3) is 0 Å². The quantitative estimate of drug-likeness (QED) is 0.877. The number of hydrogen-bond acceptors (Lipinski definition) is 4. The molecule has 0 saturated heterocycles. The highest BCUT2D eigenvalue weighted by atomic mass is 32.2. The number of nitrogens with two attached hydrogens (primary N) is 1. The van der Waals surface area contributed by atoms with Crippen molar-refractivity contribution in [2.75, 3.05) is 11.9 Å². The minimum Gasteiger partial charge on any atom is -0.343 e. The number of hydrogen-bond donors (Lipinski definition) is 1. The Hall–Kier alpha value is -1.50. The molecule has 0 amide bonds. The molecule has 2 aromatic rings. The minimum atomic E-state index is -3.66. The number of para-hydroxylation sites is 1. The molecule has 0 aromatic heterocycles. The van der Waals surface area contributed by atoms with E-state index >= 15 is 0 Å². The Morgan fingerprint density at radius 3 is 2.47 bits per heavy atom. The van der Waals surface area contributed by atoms with Crippen LogP contribution in [0, 0.1) is 0 Å². The molecule has 1 heterocycles. The Labute approximate surface area is 116 Å². The summed E-state index contributed by atoms with van der Waals surface area (Å²) in [7, 11) is -1.70. The van der Waals surface area contributed by atoms with Crippen LogP contribution in [0.5, 0.6) is 0 Å². The zero-order valence-electron chi connectivity index (χ0n) is 10.2. The first-order valence-electron chi connectivity index (χ1n) is 5.64. The Bertz CT molecular complexity index is 757. The highest BCUT2D eigenvalue weighted by molar-refractivity contribution is 7.99. The fourth-order valence-corrected chi connectivity index (χ4v) is 3.90. The predicted octanol–water partition coefficient (Wildman–Crippen LogP) is 2.57. The lowest BCUT2D eigenvalue weighted by molar-refractivity contribution is 0.597. The van der Waals surface area contributed by atoms with E-state index in [1.165, 1.54) is 0 Å². The van der Waals surface area contributed by atoms with Crippen LogP contribution >= 0.6 is 11.8 Å². The highest BCUT2D eigenvalue weighted by Gasteiger charge is 2.22. The van der Waals surface area contributed by atoms with E-state index < -0.39 is 10.0 Å². The van der Waals surface area contributed by atoms with Crippen LogP contribution < -0.4 is 10.0 Å². The summed E-state index contributed by atoms with van der Waals surface area (Å²) in [6.45, 7) is 0. The van der Waals surface area contributed by atoms with Crippen molar-refractivity contribution in [3.05, 3.63) is 42.5 Å². The van der Waals surface area contributed by atoms with Crippen molar-refractivity contribution in [3.8, 4) is 0 Å². The number of primary sulfonamides is 1. The topological polar surface area (TPSA) is 63.4 Å². The molecule has 0 aliphatic carbocycles. The van der Waals surface area contributed by atoms with E-state index in [9.17, 15) is 8.42 Å². The number of nitrogens with zero attached hydrogens (tertiary/aromatic N) is 1. The number of rotatable bonds is 1. The van der Waals surface area contributed by atoms with E-state index in [4.69, 9.17) is 5.14 Å². The van der Waals surface area contributed by atoms with Crippen molar-refractivity contribution in [1.82, 2.24) is 0 Å². The zero-order valence-corrected chi connectivity index (χ0v) is 11.8. The third-order valence-corrected chi connectivity index (χ3v) is 5.09. The Kier molecular flexibility index (Phi) is 2.81. The molecule has 0 fully saturated rings. The Morgan fingerprint density at radius 2 is 1.74 bits per heavy atom. The molecule has 0 saturated carbocycles. The summed E-state index contributed by atoms with van der Waals surface area (Å²) in [5, 5.41) is 5.17. The van der Waals surface area contributed by atoms with E-state index in [1.807, 2.05) is 36.2 Å². The third-order valence-electron chi connectivity index (χ3n) is 3.07. The summed E-state index contributed by atoms with van der Waals surface area (Å²) < 4.78 is 22.8. The van der Waals surface area contributed by atoms with Gasteiger partial charge in [0.05, 0.1) is 16.3 Å². The summed E-state index contributed by atoms with van der Waals surface area (Å²) in [6.07, 6.45) is 0. The van der Waals surface area contributed by atoms with E-state index in [2.05, 4.69) is 0 Å². The third kappa shape index (κ3) is 2.11. The second kappa shape index (κ2) is 4.26. The monoisotopic (exact) mass is 292 g/mol. The summed E-state index contributed by atoms with van der Waals surface area (Å²) in [5.41, 5.74) is 2.10. The van der Waals surface area contributed by atoms with Gasteiger partial charge in [0, 0.05) is 16.8 Å². The molecule has 19 heavy (non-hydrogen) atoms. The van der Waals surface area contributed by atoms with E-state index in [-0.39, 0.29) is 4.90 Å². The molecule has 0 spiro atoms. The van der Waals surface area contributed by atoms with Crippen LogP contribution in [0.15, 0.2) is 57.2 Å². The van der Waals surface area contributed by atoms with Gasteiger partial charge in [-0.1, -0.05) is 23.9 Å². The van der Waals surface area contributed by atoms with Crippen molar-refractivity contribution in [1.29, 1.82) is 0 Å². The molecule has 1 aliphatic rings. The van der Waals surface area contributed by atoms with Crippen LogP contribution in [0.4, 0.5) is 11.4 Å². The lowest BCUT2D eigenvalue weighted by Gasteiger charge is -2.29. The average molecular weight is 292 g/mol. The van der Waals surface area contributed by atoms with Crippen LogP contribution in [0.25, 0.3) is 0 Å². The predicted molar refractivity (Wildman–Crippen MR) is 76.4 cm³/mol.